The summed E-state index contributed by atoms with van der Waals surface area (Å²) in [5.74, 6) is 0.589. The molecule has 0 spiro atoms. The van der Waals surface area contributed by atoms with Gasteiger partial charge in [-0.1, -0.05) is 22.0 Å². The summed E-state index contributed by atoms with van der Waals surface area (Å²) in [5.41, 5.74) is 2.53. The van der Waals surface area contributed by atoms with Crippen molar-refractivity contribution in [3.05, 3.63) is 28.2 Å². The zero-order chi connectivity index (χ0) is 10.8. The van der Waals surface area contributed by atoms with Crippen LogP contribution in [0.2, 0.25) is 0 Å². The molecule has 1 fully saturated rings. The Morgan fingerprint density at radius 3 is 2.73 bits per heavy atom. The van der Waals surface area contributed by atoms with Gasteiger partial charge in [0.2, 0.25) is 0 Å². The average molecular weight is 289 g/mol. The van der Waals surface area contributed by atoms with Gasteiger partial charge in [-0.2, -0.15) is 0 Å². The average Bonchev–Trinajstić information content (AvgIpc) is 3.04. The second kappa shape index (κ2) is 4.75. The molecule has 0 radical (unpaired) electrons. The van der Waals surface area contributed by atoms with Crippen molar-refractivity contribution in [3.63, 3.8) is 0 Å². The number of nitrogens with zero attached hydrogens (tertiary/aromatic N) is 1. The third-order valence-corrected chi connectivity index (χ3v) is 3.61. The predicted molar refractivity (Wildman–Crippen MR) is 69.7 cm³/mol. The number of hydrogen-bond donors (Lipinski definition) is 0. The summed E-state index contributed by atoms with van der Waals surface area (Å²) in [4.78, 5) is 2.46. The van der Waals surface area contributed by atoms with E-state index in [0.29, 0.717) is 5.88 Å². The lowest BCUT2D eigenvalue weighted by molar-refractivity contribution is 0.821. The zero-order valence-electron chi connectivity index (χ0n) is 8.84. The summed E-state index contributed by atoms with van der Waals surface area (Å²) in [6.07, 6.45) is 2.64. The second-order valence-corrected chi connectivity index (χ2v) is 5.11. The van der Waals surface area contributed by atoms with Gasteiger partial charge in [-0.25, -0.2) is 0 Å². The molecule has 0 unspecified atom stereocenters. The molecule has 0 N–H and O–H groups in total. The molecule has 1 aromatic carbocycles. The summed E-state index contributed by atoms with van der Waals surface area (Å²) in [7, 11) is 0. The van der Waals surface area contributed by atoms with Crippen LogP contribution >= 0.6 is 27.5 Å². The van der Waals surface area contributed by atoms with Crippen LogP contribution in [0.25, 0.3) is 0 Å². The fourth-order valence-electron chi connectivity index (χ4n) is 1.93. The molecule has 0 amide bonds. The highest BCUT2D eigenvalue weighted by atomic mass is 79.9. The lowest BCUT2D eigenvalue weighted by Crippen LogP contribution is -2.26. The first-order valence-electron chi connectivity index (χ1n) is 5.37. The van der Waals surface area contributed by atoms with Crippen molar-refractivity contribution in [2.24, 2.45) is 0 Å². The van der Waals surface area contributed by atoms with Crippen LogP contribution in [0, 0.1) is 0 Å². The number of rotatable bonds is 4. The maximum absolute atomic E-state index is 5.97. The molecule has 1 aliphatic rings. The van der Waals surface area contributed by atoms with Gasteiger partial charge in [0.1, 0.15) is 0 Å². The normalized spacial score (nSPS) is 15.4. The van der Waals surface area contributed by atoms with Crippen LogP contribution in [-0.4, -0.2) is 12.6 Å². The quantitative estimate of drug-likeness (QED) is 0.751. The van der Waals surface area contributed by atoms with Crippen molar-refractivity contribution in [1.29, 1.82) is 0 Å². The third-order valence-electron chi connectivity index (χ3n) is 2.83. The molecule has 1 saturated carbocycles. The van der Waals surface area contributed by atoms with Gasteiger partial charge >= 0.3 is 0 Å². The van der Waals surface area contributed by atoms with Crippen LogP contribution < -0.4 is 4.90 Å². The second-order valence-electron chi connectivity index (χ2n) is 3.92. The SMILES string of the molecule is CCN(c1cc(Br)ccc1CCl)C1CC1. The van der Waals surface area contributed by atoms with Crippen molar-refractivity contribution >= 4 is 33.2 Å². The maximum Gasteiger partial charge on any atom is 0.0494 e. The zero-order valence-corrected chi connectivity index (χ0v) is 11.2. The number of hydrogen-bond acceptors (Lipinski definition) is 1. The van der Waals surface area contributed by atoms with Gasteiger partial charge in [-0.05, 0) is 37.5 Å². The van der Waals surface area contributed by atoms with Gasteiger partial charge in [0, 0.05) is 28.6 Å². The third kappa shape index (κ3) is 2.48. The fraction of sp³-hybridized carbons (Fsp3) is 0.500. The van der Waals surface area contributed by atoms with E-state index in [2.05, 4.69) is 46.0 Å². The van der Waals surface area contributed by atoms with Crippen LogP contribution in [0.15, 0.2) is 22.7 Å². The highest BCUT2D eigenvalue weighted by Crippen LogP contribution is 2.35. The first-order chi connectivity index (χ1) is 7.26. The Morgan fingerprint density at radius 2 is 2.20 bits per heavy atom. The molecule has 3 heteroatoms. The molecule has 0 aliphatic heterocycles. The summed E-state index contributed by atoms with van der Waals surface area (Å²) in [6, 6.07) is 7.09. The van der Waals surface area contributed by atoms with Crippen molar-refractivity contribution in [2.45, 2.75) is 31.7 Å². The first kappa shape index (κ1) is 11.3. The van der Waals surface area contributed by atoms with Gasteiger partial charge in [-0.3, -0.25) is 0 Å². The van der Waals surface area contributed by atoms with E-state index in [-0.39, 0.29) is 0 Å². The molecular weight excluding hydrogens is 273 g/mol. The Balaban J connectivity index is 2.34. The van der Waals surface area contributed by atoms with E-state index in [1.165, 1.54) is 24.1 Å². The Kier molecular flexibility index (Phi) is 3.57. The van der Waals surface area contributed by atoms with E-state index in [1.54, 1.807) is 0 Å². The highest BCUT2D eigenvalue weighted by Gasteiger charge is 2.29. The molecule has 0 atom stereocenters. The molecule has 1 aliphatic carbocycles. The maximum atomic E-state index is 5.97. The predicted octanol–water partition coefficient (Wildman–Crippen LogP) is 4.18. The Labute approximate surface area is 105 Å². The smallest absolute Gasteiger partial charge is 0.0494 e. The molecule has 1 nitrogen and oxygen atoms in total. The van der Waals surface area contributed by atoms with Crippen LogP contribution in [0.5, 0.6) is 0 Å². The number of anilines is 1. The van der Waals surface area contributed by atoms with Crippen molar-refractivity contribution in [3.8, 4) is 0 Å². The number of halogens is 2. The van der Waals surface area contributed by atoms with Gasteiger partial charge in [0.05, 0.1) is 0 Å². The van der Waals surface area contributed by atoms with E-state index < -0.39 is 0 Å². The summed E-state index contributed by atoms with van der Waals surface area (Å²) >= 11 is 9.49. The highest BCUT2D eigenvalue weighted by molar-refractivity contribution is 9.10. The molecule has 1 aromatic rings. The number of benzene rings is 1. The van der Waals surface area contributed by atoms with Crippen LogP contribution in [0.4, 0.5) is 5.69 Å². The van der Waals surface area contributed by atoms with E-state index in [1.807, 2.05) is 0 Å². The monoisotopic (exact) mass is 287 g/mol. The number of alkyl halides is 1. The standard InChI is InChI=1S/C12H15BrClN/c1-2-15(11-5-6-11)12-7-10(13)4-3-9(12)8-14/h3-4,7,11H,2,5-6,8H2,1H3. The summed E-state index contributed by atoms with van der Waals surface area (Å²) in [6.45, 7) is 3.27. The molecule has 0 bridgehead atoms. The summed E-state index contributed by atoms with van der Waals surface area (Å²) < 4.78 is 1.13. The molecule has 82 valence electrons. The minimum atomic E-state index is 0.589. The minimum Gasteiger partial charge on any atom is -0.369 e. The Morgan fingerprint density at radius 1 is 1.47 bits per heavy atom. The minimum absolute atomic E-state index is 0.589. The van der Waals surface area contributed by atoms with Crippen LogP contribution in [0.1, 0.15) is 25.3 Å². The van der Waals surface area contributed by atoms with E-state index >= 15 is 0 Å². The molecule has 0 heterocycles. The Bertz CT molecular complexity index is 349. The van der Waals surface area contributed by atoms with Crippen molar-refractivity contribution < 1.29 is 0 Å². The van der Waals surface area contributed by atoms with Crippen molar-refractivity contribution in [1.82, 2.24) is 0 Å². The molecular formula is C12H15BrClN. The van der Waals surface area contributed by atoms with Gasteiger partial charge in [-0.15, -0.1) is 11.6 Å². The van der Waals surface area contributed by atoms with Crippen LogP contribution in [-0.2, 0) is 5.88 Å². The van der Waals surface area contributed by atoms with Crippen molar-refractivity contribution in [2.75, 3.05) is 11.4 Å². The molecule has 0 aromatic heterocycles. The molecule has 0 saturated heterocycles. The van der Waals surface area contributed by atoms with Gasteiger partial charge < -0.3 is 4.90 Å². The molecule has 2 rings (SSSR count). The van der Waals surface area contributed by atoms with E-state index in [9.17, 15) is 0 Å². The first-order valence-corrected chi connectivity index (χ1v) is 6.70. The molecule has 15 heavy (non-hydrogen) atoms. The van der Waals surface area contributed by atoms with E-state index in [4.69, 9.17) is 11.6 Å². The topological polar surface area (TPSA) is 3.24 Å². The lowest BCUT2D eigenvalue weighted by atomic mass is 10.2. The van der Waals surface area contributed by atoms with Crippen LogP contribution in [0.3, 0.4) is 0 Å². The van der Waals surface area contributed by atoms with Gasteiger partial charge in [0.25, 0.3) is 0 Å². The summed E-state index contributed by atoms with van der Waals surface area (Å²) in [5, 5.41) is 0. The van der Waals surface area contributed by atoms with Gasteiger partial charge in [0.15, 0.2) is 0 Å². The lowest BCUT2D eigenvalue weighted by Gasteiger charge is -2.25. The fourth-order valence-corrected chi connectivity index (χ4v) is 2.50. The van der Waals surface area contributed by atoms with E-state index in [0.717, 1.165) is 17.1 Å². The largest absolute Gasteiger partial charge is 0.369 e. The Hall–Kier alpha value is -0.210.